The van der Waals surface area contributed by atoms with Gasteiger partial charge in [0, 0.05) is 23.4 Å². The zero-order valence-electron chi connectivity index (χ0n) is 6.79. The van der Waals surface area contributed by atoms with Gasteiger partial charge in [0.15, 0.2) is 0 Å². The van der Waals surface area contributed by atoms with Gasteiger partial charge < -0.3 is 10.3 Å². The summed E-state index contributed by atoms with van der Waals surface area (Å²) in [5.74, 6) is 0.961. The van der Waals surface area contributed by atoms with Gasteiger partial charge in [0.25, 0.3) is 0 Å². The highest BCUT2D eigenvalue weighted by Crippen LogP contribution is 2.36. The van der Waals surface area contributed by atoms with Crippen molar-refractivity contribution in [1.82, 2.24) is 5.16 Å². The van der Waals surface area contributed by atoms with Gasteiger partial charge in [-0.2, -0.15) is 0 Å². The van der Waals surface area contributed by atoms with Crippen LogP contribution in [0.1, 0.15) is 25.2 Å². The van der Waals surface area contributed by atoms with Gasteiger partial charge in [-0.1, -0.05) is 19.0 Å². The average molecular weight is 152 g/mol. The number of nitrogens with two attached hydrogens (primary N) is 1. The largest absolute Gasteiger partial charge is 0.361 e. The maximum atomic E-state index is 5.92. The highest BCUT2D eigenvalue weighted by Gasteiger charge is 2.39. The molecule has 11 heavy (non-hydrogen) atoms. The maximum absolute atomic E-state index is 5.92. The van der Waals surface area contributed by atoms with E-state index in [0.717, 1.165) is 12.2 Å². The van der Waals surface area contributed by atoms with E-state index in [-0.39, 0.29) is 11.5 Å². The van der Waals surface area contributed by atoms with E-state index in [0.29, 0.717) is 0 Å². The van der Waals surface area contributed by atoms with E-state index in [4.69, 9.17) is 10.3 Å². The number of hydrogen-bond donors (Lipinski definition) is 1. The summed E-state index contributed by atoms with van der Waals surface area (Å²) < 4.78 is 5.05. The molecule has 0 aromatic carbocycles. The number of rotatable bonds is 0. The molecule has 1 aliphatic rings. The summed E-state index contributed by atoms with van der Waals surface area (Å²) in [7, 11) is 0. The topological polar surface area (TPSA) is 52.0 Å². The first-order valence-electron chi connectivity index (χ1n) is 3.82. The summed E-state index contributed by atoms with van der Waals surface area (Å²) in [6, 6.07) is 0.180. The second-order valence-electron chi connectivity index (χ2n) is 3.69. The van der Waals surface area contributed by atoms with E-state index in [1.54, 1.807) is 6.20 Å². The fraction of sp³-hybridized carbons (Fsp3) is 0.625. The van der Waals surface area contributed by atoms with Crippen molar-refractivity contribution in [3.63, 3.8) is 0 Å². The molecule has 0 aliphatic heterocycles. The lowest BCUT2D eigenvalue weighted by Crippen LogP contribution is -2.37. The van der Waals surface area contributed by atoms with Crippen molar-refractivity contribution in [2.75, 3.05) is 0 Å². The number of aromatic nitrogens is 1. The SMILES string of the molecule is CC1(C)c2cnoc2C[C@H]1N. The second-order valence-corrected chi connectivity index (χ2v) is 3.69. The van der Waals surface area contributed by atoms with E-state index in [2.05, 4.69) is 19.0 Å². The first-order valence-corrected chi connectivity index (χ1v) is 3.82. The highest BCUT2D eigenvalue weighted by atomic mass is 16.5. The van der Waals surface area contributed by atoms with Crippen molar-refractivity contribution in [2.45, 2.75) is 31.7 Å². The molecule has 0 unspecified atom stereocenters. The van der Waals surface area contributed by atoms with Gasteiger partial charge in [-0.15, -0.1) is 0 Å². The van der Waals surface area contributed by atoms with Crippen LogP contribution in [0, 0.1) is 0 Å². The van der Waals surface area contributed by atoms with Crippen LogP contribution in [0.25, 0.3) is 0 Å². The van der Waals surface area contributed by atoms with Gasteiger partial charge >= 0.3 is 0 Å². The Morgan fingerprint density at radius 1 is 1.73 bits per heavy atom. The van der Waals surface area contributed by atoms with Crippen LogP contribution in [0.15, 0.2) is 10.7 Å². The second kappa shape index (κ2) is 1.85. The Morgan fingerprint density at radius 2 is 2.45 bits per heavy atom. The Morgan fingerprint density at radius 3 is 3.09 bits per heavy atom. The van der Waals surface area contributed by atoms with Crippen LogP contribution in [-0.4, -0.2) is 11.2 Å². The van der Waals surface area contributed by atoms with Gasteiger partial charge in [0.1, 0.15) is 5.76 Å². The molecule has 0 saturated carbocycles. The Balaban J connectivity index is 2.52. The molecule has 1 aromatic heterocycles. The summed E-state index contributed by atoms with van der Waals surface area (Å²) in [6.45, 7) is 4.25. The van der Waals surface area contributed by atoms with E-state index in [9.17, 15) is 0 Å². The van der Waals surface area contributed by atoms with E-state index in [1.807, 2.05) is 0 Å². The Bertz CT molecular complexity index is 277. The summed E-state index contributed by atoms with van der Waals surface area (Å²) in [5.41, 5.74) is 7.13. The lowest BCUT2D eigenvalue weighted by molar-refractivity contribution is 0.371. The van der Waals surface area contributed by atoms with Gasteiger partial charge in [-0.25, -0.2) is 0 Å². The van der Waals surface area contributed by atoms with Crippen molar-refractivity contribution in [2.24, 2.45) is 5.73 Å². The summed E-state index contributed by atoms with van der Waals surface area (Å²) >= 11 is 0. The molecule has 0 spiro atoms. The molecule has 3 heteroatoms. The predicted molar refractivity (Wildman–Crippen MR) is 41.2 cm³/mol. The number of hydrogen-bond acceptors (Lipinski definition) is 3. The van der Waals surface area contributed by atoms with E-state index < -0.39 is 0 Å². The van der Waals surface area contributed by atoms with Gasteiger partial charge in [-0.05, 0) is 0 Å². The van der Waals surface area contributed by atoms with Crippen LogP contribution in [0.3, 0.4) is 0 Å². The molecular weight excluding hydrogens is 140 g/mol. The number of nitrogens with zero attached hydrogens (tertiary/aromatic N) is 1. The van der Waals surface area contributed by atoms with Crippen LogP contribution in [-0.2, 0) is 11.8 Å². The standard InChI is InChI=1S/C8H12N2O/c1-8(2)5-4-10-11-6(5)3-7(8)9/h4,7H,3,9H2,1-2H3/t7-/m1/s1. The summed E-state index contributed by atoms with van der Waals surface area (Å²) in [6.07, 6.45) is 2.60. The van der Waals surface area contributed by atoms with Crippen LogP contribution >= 0.6 is 0 Å². The molecule has 1 heterocycles. The van der Waals surface area contributed by atoms with Crippen LogP contribution in [0.2, 0.25) is 0 Å². The zero-order chi connectivity index (χ0) is 8.06. The maximum Gasteiger partial charge on any atom is 0.142 e. The quantitative estimate of drug-likeness (QED) is 0.599. The Hall–Kier alpha value is -0.830. The normalized spacial score (nSPS) is 27.0. The molecule has 2 N–H and O–H groups in total. The van der Waals surface area contributed by atoms with Crippen molar-refractivity contribution in [3.05, 3.63) is 17.5 Å². The van der Waals surface area contributed by atoms with Crippen LogP contribution in [0.5, 0.6) is 0 Å². The van der Waals surface area contributed by atoms with E-state index >= 15 is 0 Å². The van der Waals surface area contributed by atoms with Gasteiger partial charge in [-0.3, -0.25) is 0 Å². The van der Waals surface area contributed by atoms with Crippen LogP contribution < -0.4 is 5.73 Å². The molecule has 3 nitrogen and oxygen atoms in total. The molecule has 1 atom stereocenters. The highest BCUT2D eigenvalue weighted by molar-refractivity contribution is 5.32. The van der Waals surface area contributed by atoms with Crippen LogP contribution in [0.4, 0.5) is 0 Å². The minimum Gasteiger partial charge on any atom is -0.361 e. The lowest BCUT2D eigenvalue weighted by Gasteiger charge is -2.22. The Kier molecular flexibility index (Phi) is 1.16. The molecule has 0 radical (unpaired) electrons. The fourth-order valence-corrected chi connectivity index (χ4v) is 1.59. The summed E-state index contributed by atoms with van der Waals surface area (Å²) in [4.78, 5) is 0. The molecular formula is C8H12N2O. The predicted octanol–water partition coefficient (Wildman–Crippen LogP) is 0.836. The monoisotopic (exact) mass is 152 g/mol. The third-order valence-corrected chi connectivity index (χ3v) is 2.67. The van der Waals surface area contributed by atoms with Crippen molar-refractivity contribution in [3.8, 4) is 0 Å². The Labute approximate surface area is 65.6 Å². The first-order chi connectivity index (χ1) is 5.12. The molecule has 0 fully saturated rings. The van der Waals surface area contributed by atoms with Crippen molar-refractivity contribution >= 4 is 0 Å². The lowest BCUT2D eigenvalue weighted by atomic mass is 9.85. The summed E-state index contributed by atoms with van der Waals surface area (Å²) in [5, 5.41) is 3.74. The molecule has 0 bridgehead atoms. The molecule has 60 valence electrons. The van der Waals surface area contributed by atoms with Gasteiger partial charge in [0.2, 0.25) is 0 Å². The van der Waals surface area contributed by atoms with Crippen molar-refractivity contribution in [1.29, 1.82) is 0 Å². The molecule has 2 rings (SSSR count). The average Bonchev–Trinajstić information content (AvgIpc) is 2.41. The number of fused-ring (bicyclic) bond motifs is 1. The third-order valence-electron chi connectivity index (χ3n) is 2.67. The minimum absolute atomic E-state index is 0.0370. The fourth-order valence-electron chi connectivity index (χ4n) is 1.59. The minimum atomic E-state index is 0.0370. The molecule has 1 aromatic rings. The smallest absolute Gasteiger partial charge is 0.142 e. The molecule has 0 saturated heterocycles. The van der Waals surface area contributed by atoms with E-state index in [1.165, 1.54) is 5.56 Å². The van der Waals surface area contributed by atoms with Crippen molar-refractivity contribution < 1.29 is 4.52 Å². The molecule has 0 amide bonds. The van der Waals surface area contributed by atoms with Gasteiger partial charge in [0.05, 0.1) is 6.20 Å². The zero-order valence-corrected chi connectivity index (χ0v) is 6.79. The first kappa shape index (κ1) is 6.85. The third kappa shape index (κ3) is 0.744. The molecule has 1 aliphatic carbocycles.